The summed E-state index contributed by atoms with van der Waals surface area (Å²) in [4.78, 5) is 24.6. The third kappa shape index (κ3) is 5.77. The van der Waals surface area contributed by atoms with Crippen LogP contribution < -0.4 is 10.5 Å². The first-order chi connectivity index (χ1) is 14.2. The summed E-state index contributed by atoms with van der Waals surface area (Å²) in [6, 6.07) is 7.10. The number of amides is 2. The lowest BCUT2D eigenvalue weighted by Crippen LogP contribution is -2.68. The Morgan fingerprint density at radius 1 is 1.17 bits per heavy atom. The Morgan fingerprint density at radius 2 is 1.77 bits per heavy atom. The number of hydrogen-bond donors (Lipinski definition) is 2. The van der Waals surface area contributed by atoms with Crippen LogP contribution in [-0.4, -0.2) is 66.7 Å². The Morgan fingerprint density at radius 3 is 2.30 bits per heavy atom. The minimum absolute atomic E-state index is 0.0958. The number of benzene rings is 1. The quantitative estimate of drug-likeness (QED) is 0.339. The summed E-state index contributed by atoms with van der Waals surface area (Å²) in [7, 11) is -1.29. The zero-order valence-electron chi connectivity index (χ0n) is 18.3. The Kier molecular flexibility index (Phi) is 8.77. The monoisotopic (exact) mass is 454 g/mol. The van der Waals surface area contributed by atoms with Gasteiger partial charge in [0.1, 0.15) is 19.4 Å². The van der Waals surface area contributed by atoms with E-state index in [1.807, 2.05) is 12.1 Å². The number of carboxylic acid groups (broad SMARTS) is 1. The Balaban J connectivity index is 2.18. The van der Waals surface area contributed by atoms with Crippen molar-refractivity contribution < 1.29 is 33.2 Å². The maximum atomic E-state index is 12.8. The van der Waals surface area contributed by atoms with Crippen molar-refractivity contribution in [2.75, 3.05) is 13.1 Å². The Bertz CT molecular complexity index is 725. The molecule has 2 amide bonds. The van der Waals surface area contributed by atoms with E-state index < -0.39 is 42.2 Å². The SMILES string of the molecule is C[SiH2]OC(O[SiH2]C)C(C)(C)c1ccc(C(=O)N[N+]2(C(=O)[O-])CCCC(O)CC2)cc1. The minimum Gasteiger partial charge on any atom is -0.496 e. The molecule has 0 saturated carbocycles. The molecule has 1 aromatic rings. The highest BCUT2D eigenvalue weighted by Crippen LogP contribution is 2.30. The van der Waals surface area contributed by atoms with Crippen molar-refractivity contribution in [2.24, 2.45) is 0 Å². The van der Waals surface area contributed by atoms with Crippen LogP contribution in [0, 0.1) is 0 Å². The van der Waals surface area contributed by atoms with E-state index in [1.54, 1.807) is 12.1 Å². The molecule has 1 aromatic carbocycles. The first-order valence-corrected chi connectivity index (χ1v) is 14.6. The van der Waals surface area contributed by atoms with Gasteiger partial charge < -0.3 is 23.9 Å². The van der Waals surface area contributed by atoms with E-state index in [1.165, 1.54) is 0 Å². The average Bonchev–Trinajstić information content (AvgIpc) is 2.90. The number of aliphatic hydroxyl groups excluding tert-OH is 1. The van der Waals surface area contributed by atoms with Gasteiger partial charge in [-0.1, -0.05) is 39.1 Å². The van der Waals surface area contributed by atoms with Gasteiger partial charge in [0.15, 0.2) is 19.5 Å². The van der Waals surface area contributed by atoms with Gasteiger partial charge in [0.05, 0.1) is 6.10 Å². The van der Waals surface area contributed by atoms with E-state index in [2.05, 4.69) is 32.4 Å². The summed E-state index contributed by atoms with van der Waals surface area (Å²) in [5.41, 5.74) is 3.59. The first kappa shape index (κ1) is 24.7. The van der Waals surface area contributed by atoms with Crippen LogP contribution in [0.25, 0.3) is 0 Å². The number of rotatable bonds is 7. The molecule has 8 nitrogen and oxygen atoms in total. The van der Waals surface area contributed by atoms with Crippen LogP contribution >= 0.6 is 0 Å². The standard InChI is InChI=1S/C20H34N2O6Si2/c1-20(2,18(27-29-3)28-30-4)15-9-7-14(8-10-15)17(24)21-22(19(25)26)12-5-6-16(23)11-13-22/h7-10,16,18,23H,5-6,11-13,29-30H2,1-4H3,(H-,21,24,25,26). The van der Waals surface area contributed by atoms with Crippen molar-refractivity contribution in [3.8, 4) is 0 Å². The van der Waals surface area contributed by atoms with E-state index in [0.717, 1.165) is 5.56 Å². The molecule has 2 unspecified atom stereocenters. The smallest absolute Gasteiger partial charge is 0.296 e. The number of nitrogens with one attached hydrogen (secondary N) is 1. The number of carbonyl (C=O) groups is 2. The molecule has 0 radical (unpaired) electrons. The van der Waals surface area contributed by atoms with Gasteiger partial charge in [0, 0.05) is 23.8 Å². The Labute approximate surface area is 183 Å². The van der Waals surface area contributed by atoms with Crippen LogP contribution in [0.3, 0.4) is 0 Å². The maximum Gasteiger partial charge on any atom is 0.296 e. The number of likely N-dealkylation sites (tertiary alicyclic amines) is 1. The fourth-order valence-corrected chi connectivity index (χ4v) is 5.60. The summed E-state index contributed by atoms with van der Waals surface area (Å²) >= 11 is 0. The van der Waals surface area contributed by atoms with E-state index in [4.69, 9.17) is 8.85 Å². The van der Waals surface area contributed by atoms with Crippen LogP contribution in [0.2, 0.25) is 13.1 Å². The number of carbonyl (C=O) groups excluding carboxylic acids is 2. The molecule has 2 rings (SSSR count). The first-order valence-electron chi connectivity index (χ1n) is 10.6. The van der Waals surface area contributed by atoms with Gasteiger partial charge >= 0.3 is 0 Å². The highest BCUT2D eigenvalue weighted by Gasteiger charge is 2.37. The van der Waals surface area contributed by atoms with Crippen LogP contribution in [0.5, 0.6) is 0 Å². The van der Waals surface area contributed by atoms with E-state index in [-0.39, 0.29) is 24.8 Å². The second-order valence-corrected chi connectivity index (χ2v) is 10.1. The lowest BCUT2D eigenvalue weighted by Gasteiger charge is -2.36. The van der Waals surface area contributed by atoms with Gasteiger partial charge in [-0.3, -0.25) is 4.79 Å². The molecule has 1 fully saturated rings. The van der Waals surface area contributed by atoms with E-state index >= 15 is 0 Å². The van der Waals surface area contributed by atoms with Crippen molar-refractivity contribution in [2.45, 2.75) is 64.0 Å². The van der Waals surface area contributed by atoms with Crippen molar-refractivity contribution in [3.05, 3.63) is 35.4 Å². The van der Waals surface area contributed by atoms with Gasteiger partial charge in [-0.2, -0.15) is 10.0 Å². The zero-order valence-corrected chi connectivity index (χ0v) is 21.2. The topological polar surface area (TPSA) is 108 Å². The molecule has 1 heterocycles. The summed E-state index contributed by atoms with van der Waals surface area (Å²) in [6.07, 6.45) is -0.923. The highest BCUT2D eigenvalue weighted by molar-refractivity contribution is 6.26. The predicted molar refractivity (Wildman–Crippen MR) is 117 cm³/mol. The van der Waals surface area contributed by atoms with Gasteiger partial charge in [-0.25, -0.2) is 0 Å². The molecule has 0 aromatic heterocycles. The molecular formula is C20H34N2O6Si2. The van der Waals surface area contributed by atoms with Gasteiger partial charge in [-0.05, 0) is 24.1 Å². The summed E-state index contributed by atoms with van der Waals surface area (Å²) in [5, 5.41) is 21.7. The second kappa shape index (κ2) is 10.6. The van der Waals surface area contributed by atoms with Crippen LogP contribution in [0.4, 0.5) is 4.79 Å². The number of nitrogens with zero attached hydrogens (tertiary/aromatic N) is 1. The second-order valence-electron chi connectivity index (χ2n) is 8.25. The third-order valence-corrected chi connectivity index (χ3v) is 6.97. The van der Waals surface area contributed by atoms with Crippen molar-refractivity contribution in [3.63, 3.8) is 0 Å². The molecule has 168 valence electrons. The van der Waals surface area contributed by atoms with Gasteiger partial charge in [0.2, 0.25) is 0 Å². The molecule has 0 bridgehead atoms. The molecular weight excluding hydrogens is 420 g/mol. The van der Waals surface area contributed by atoms with Gasteiger partial charge in [0.25, 0.3) is 12.0 Å². The van der Waals surface area contributed by atoms with Crippen molar-refractivity contribution in [1.82, 2.24) is 5.43 Å². The number of hydrogen-bond acceptors (Lipinski definition) is 6. The highest BCUT2D eigenvalue weighted by atomic mass is 28.2. The fourth-order valence-electron chi connectivity index (χ4n) is 3.78. The van der Waals surface area contributed by atoms with E-state index in [0.29, 0.717) is 24.8 Å². The molecule has 2 atom stereocenters. The normalized spacial score (nSPS) is 24.2. The largest absolute Gasteiger partial charge is 0.496 e. The fraction of sp³-hybridized carbons (Fsp3) is 0.600. The molecule has 30 heavy (non-hydrogen) atoms. The zero-order chi connectivity index (χ0) is 22.4. The molecule has 2 N–H and O–H groups in total. The molecule has 0 aliphatic carbocycles. The van der Waals surface area contributed by atoms with Crippen LogP contribution in [0.15, 0.2) is 24.3 Å². The van der Waals surface area contributed by atoms with Crippen LogP contribution in [0.1, 0.15) is 49.0 Å². The minimum atomic E-state index is -1.36. The lowest BCUT2D eigenvalue weighted by atomic mass is 9.83. The lowest BCUT2D eigenvalue weighted by molar-refractivity contribution is -0.908. The molecule has 10 heteroatoms. The number of aliphatic hydroxyl groups is 1. The van der Waals surface area contributed by atoms with Gasteiger partial charge in [-0.15, -0.1) is 0 Å². The number of quaternary nitrogens is 1. The van der Waals surface area contributed by atoms with Crippen molar-refractivity contribution >= 4 is 31.5 Å². The third-order valence-electron chi connectivity index (χ3n) is 5.70. The summed E-state index contributed by atoms with van der Waals surface area (Å²) in [6.45, 7) is 8.52. The van der Waals surface area contributed by atoms with Crippen molar-refractivity contribution in [1.29, 1.82) is 0 Å². The average molecular weight is 455 g/mol. The van der Waals surface area contributed by atoms with Crippen LogP contribution in [-0.2, 0) is 14.3 Å². The predicted octanol–water partition coefficient (Wildman–Crippen LogP) is -0.0630. The molecule has 0 spiro atoms. The summed E-state index contributed by atoms with van der Waals surface area (Å²) < 4.78 is 11.2. The van der Waals surface area contributed by atoms with E-state index in [9.17, 15) is 19.8 Å². The molecule has 1 aliphatic heterocycles. The Hall–Kier alpha value is -1.57. The summed E-state index contributed by atoms with van der Waals surface area (Å²) in [5.74, 6) is -0.481. The maximum absolute atomic E-state index is 12.8. The molecule has 1 aliphatic rings. The molecule has 1 saturated heterocycles.